The molecule has 11 heteroatoms. The van der Waals surface area contributed by atoms with Gasteiger partial charge in [0.2, 0.25) is 5.91 Å². The zero-order valence-corrected chi connectivity index (χ0v) is 20.4. The number of hydrogen-bond donors (Lipinski definition) is 0. The van der Waals surface area contributed by atoms with E-state index in [1.165, 1.54) is 23.2 Å². The van der Waals surface area contributed by atoms with E-state index in [4.69, 9.17) is 4.74 Å². The quantitative estimate of drug-likeness (QED) is 0.240. The number of aryl methyl sites for hydroxylation is 2. The van der Waals surface area contributed by atoms with Crippen molar-refractivity contribution in [1.82, 2.24) is 19.7 Å². The number of rotatable bonds is 8. The molecule has 1 amide bonds. The fourth-order valence-corrected chi connectivity index (χ4v) is 4.42. The van der Waals surface area contributed by atoms with Gasteiger partial charge in [0.15, 0.2) is 11.4 Å². The molecule has 0 bridgehead atoms. The Morgan fingerprint density at radius 1 is 1.14 bits per heavy atom. The number of fused-ring (bicyclic) bond motifs is 1. The number of carbonyl (C=O) groups excluding carboxylic acids is 2. The van der Waals surface area contributed by atoms with Gasteiger partial charge in [-0.15, -0.1) is 11.3 Å². The van der Waals surface area contributed by atoms with Crippen LogP contribution < -0.4 is 4.74 Å². The lowest BCUT2D eigenvalue weighted by atomic mass is 10.1. The van der Waals surface area contributed by atoms with Crippen molar-refractivity contribution in [3.63, 3.8) is 0 Å². The molecular formula is C25H23F3N4O3S. The summed E-state index contributed by atoms with van der Waals surface area (Å²) in [4.78, 5) is 30.8. The maximum absolute atomic E-state index is 12.8. The summed E-state index contributed by atoms with van der Waals surface area (Å²) in [6.07, 6.45) is -3.46. The number of nitrogens with zero attached hydrogens (tertiary/aromatic N) is 4. The Morgan fingerprint density at radius 2 is 1.89 bits per heavy atom. The molecule has 4 rings (SSSR count). The number of hydrogen-bond acceptors (Lipinski definition) is 6. The minimum absolute atomic E-state index is 0.210. The number of esters is 1. The van der Waals surface area contributed by atoms with Crippen LogP contribution in [0, 0.1) is 6.92 Å². The molecule has 4 aromatic rings. The monoisotopic (exact) mass is 516 g/mol. The molecule has 0 unspecified atom stereocenters. The van der Waals surface area contributed by atoms with Gasteiger partial charge in [0.25, 0.3) is 0 Å². The first kappa shape index (κ1) is 25.4. The van der Waals surface area contributed by atoms with Crippen molar-refractivity contribution >= 4 is 34.0 Å². The molecule has 2 heterocycles. The van der Waals surface area contributed by atoms with Gasteiger partial charge in [-0.1, -0.05) is 36.4 Å². The van der Waals surface area contributed by atoms with Gasteiger partial charge in [-0.2, -0.15) is 18.3 Å². The summed E-state index contributed by atoms with van der Waals surface area (Å²) < 4.78 is 45.1. The van der Waals surface area contributed by atoms with Gasteiger partial charge in [0.1, 0.15) is 12.3 Å². The summed E-state index contributed by atoms with van der Waals surface area (Å²) in [5.41, 5.74) is -0.550. The number of amides is 1. The summed E-state index contributed by atoms with van der Waals surface area (Å²) in [5.74, 6) is -0.440. The Balaban J connectivity index is 1.28. The van der Waals surface area contributed by atoms with Gasteiger partial charge in [0, 0.05) is 36.5 Å². The lowest BCUT2D eigenvalue weighted by Crippen LogP contribution is -2.32. The van der Waals surface area contributed by atoms with E-state index in [1.54, 1.807) is 18.5 Å². The Bertz CT molecular complexity index is 1390. The maximum atomic E-state index is 12.8. The van der Waals surface area contributed by atoms with Gasteiger partial charge >= 0.3 is 12.1 Å². The molecular weight excluding hydrogens is 493 g/mol. The minimum Gasteiger partial charge on any atom is -0.421 e. The molecule has 2 aromatic heterocycles. The summed E-state index contributed by atoms with van der Waals surface area (Å²) in [6.45, 7) is 1.57. The SMILES string of the molecule is Cc1cc(C(F)(F)F)nn1CC(=O)N(C)CCCc1nc(C(=O)Oc2cccc3ccccc23)cs1. The molecule has 0 atom stereocenters. The lowest BCUT2D eigenvalue weighted by molar-refractivity contribution is -0.142. The highest BCUT2D eigenvalue weighted by molar-refractivity contribution is 7.09. The average molecular weight is 517 g/mol. The molecule has 0 saturated carbocycles. The molecule has 36 heavy (non-hydrogen) atoms. The van der Waals surface area contributed by atoms with Crippen molar-refractivity contribution in [2.45, 2.75) is 32.5 Å². The van der Waals surface area contributed by atoms with Crippen LogP contribution in [0.5, 0.6) is 5.75 Å². The number of aromatic nitrogens is 3. The molecule has 188 valence electrons. The molecule has 0 N–H and O–H groups in total. The zero-order chi connectivity index (χ0) is 25.9. The van der Waals surface area contributed by atoms with Crippen molar-refractivity contribution in [1.29, 1.82) is 0 Å². The molecule has 7 nitrogen and oxygen atoms in total. The molecule has 0 radical (unpaired) electrons. The fourth-order valence-electron chi connectivity index (χ4n) is 3.61. The Morgan fingerprint density at radius 3 is 2.64 bits per heavy atom. The Hall–Kier alpha value is -3.73. The van der Waals surface area contributed by atoms with Gasteiger partial charge in [-0.3, -0.25) is 9.48 Å². The van der Waals surface area contributed by atoms with Crippen LogP contribution in [0.3, 0.4) is 0 Å². The number of thiazole rings is 1. The number of benzene rings is 2. The third kappa shape index (κ3) is 5.91. The predicted octanol–water partition coefficient (Wildman–Crippen LogP) is 5.13. The fraction of sp³-hybridized carbons (Fsp3) is 0.280. The van der Waals surface area contributed by atoms with Gasteiger partial charge in [-0.05, 0) is 30.9 Å². The smallest absolute Gasteiger partial charge is 0.421 e. The second-order valence-electron chi connectivity index (χ2n) is 8.24. The largest absolute Gasteiger partial charge is 0.435 e. The Kier molecular flexibility index (Phi) is 7.39. The van der Waals surface area contributed by atoms with E-state index in [1.807, 2.05) is 36.4 Å². The molecule has 0 fully saturated rings. The zero-order valence-electron chi connectivity index (χ0n) is 19.6. The topological polar surface area (TPSA) is 77.3 Å². The van der Waals surface area contributed by atoms with Crippen LogP contribution in [0.4, 0.5) is 13.2 Å². The van der Waals surface area contributed by atoms with E-state index in [0.29, 0.717) is 25.1 Å². The van der Waals surface area contributed by atoms with E-state index in [0.717, 1.165) is 26.5 Å². The molecule has 2 aromatic carbocycles. The van der Waals surface area contributed by atoms with Crippen molar-refractivity contribution < 1.29 is 27.5 Å². The van der Waals surface area contributed by atoms with Gasteiger partial charge in [0.05, 0.1) is 5.01 Å². The van der Waals surface area contributed by atoms with Crippen LogP contribution in [-0.4, -0.2) is 45.1 Å². The third-order valence-electron chi connectivity index (χ3n) is 5.58. The number of alkyl halides is 3. The van der Waals surface area contributed by atoms with Crippen LogP contribution in [0.25, 0.3) is 10.8 Å². The summed E-state index contributed by atoms with van der Waals surface area (Å²) in [7, 11) is 1.58. The lowest BCUT2D eigenvalue weighted by Gasteiger charge is -2.17. The molecule has 0 spiro atoms. The number of carbonyl (C=O) groups is 2. The van der Waals surface area contributed by atoms with Crippen molar-refractivity contribution in [2.24, 2.45) is 0 Å². The standard InChI is InChI=1S/C25H23F3N4O3S/c1-16-13-21(25(26,27)28)30-32(16)14-23(33)31(2)12-6-11-22-29-19(15-36-22)24(34)35-20-10-5-8-17-7-3-4-9-18(17)20/h3-5,7-10,13,15H,6,11-12,14H2,1-2H3. The van der Waals surface area contributed by atoms with E-state index in [2.05, 4.69) is 10.1 Å². The van der Waals surface area contributed by atoms with Crippen molar-refractivity contribution in [3.05, 3.63) is 76.0 Å². The van der Waals surface area contributed by atoms with Crippen LogP contribution in [0.1, 0.15) is 33.3 Å². The molecule has 0 aliphatic heterocycles. The highest BCUT2D eigenvalue weighted by Gasteiger charge is 2.34. The molecule has 0 saturated heterocycles. The highest BCUT2D eigenvalue weighted by Crippen LogP contribution is 2.28. The van der Waals surface area contributed by atoms with Crippen molar-refractivity contribution in [3.8, 4) is 5.75 Å². The summed E-state index contributed by atoms with van der Waals surface area (Å²) >= 11 is 1.33. The van der Waals surface area contributed by atoms with Gasteiger partial charge < -0.3 is 9.64 Å². The second kappa shape index (κ2) is 10.5. The molecule has 0 aliphatic rings. The Labute approximate surface area is 209 Å². The molecule has 0 aliphatic carbocycles. The number of ether oxygens (including phenoxy) is 1. The van der Waals surface area contributed by atoms with Crippen LogP contribution in [0.2, 0.25) is 0 Å². The summed E-state index contributed by atoms with van der Waals surface area (Å²) in [5, 5.41) is 7.64. The van der Waals surface area contributed by atoms with E-state index < -0.39 is 17.8 Å². The van der Waals surface area contributed by atoms with E-state index >= 15 is 0 Å². The minimum atomic E-state index is -4.56. The predicted molar refractivity (Wildman–Crippen MR) is 129 cm³/mol. The second-order valence-corrected chi connectivity index (χ2v) is 9.18. The first-order valence-electron chi connectivity index (χ1n) is 11.1. The van der Waals surface area contributed by atoms with E-state index in [9.17, 15) is 22.8 Å². The van der Waals surface area contributed by atoms with Gasteiger partial charge in [-0.25, -0.2) is 9.78 Å². The average Bonchev–Trinajstić information content (AvgIpc) is 3.46. The highest BCUT2D eigenvalue weighted by atomic mass is 32.1. The van der Waals surface area contributed by atoms with Crippen LogP contribution in [-0.2, 0) is 23.9 Å². The third-order valence-corrected chi connectivity index (χ3v) is 6.49. The normalized spacial score (nSPS) is 11.6. The first-order valence-corrected chi connectivity index (χ1v) is 12.0. The van der Waals surface area contributed by atoms with E-state index in [-0.39, 0.29) is 23.8 Å². The van der Waals surface area contributed by atoms with Crippen molar-refractivity contribution in [2.75, 3.05) is 13.6 Å². The first-order chi connectivity index (χ1) is 17.1. The number of likely N-dealkylation sites (N-methyl/N-ethyl adjacent to an activating group) is 1. The maximum Gasteiger partial charge on any atom is 0.435 e. The summed E-state index contributed by atoms with van der Waals surface area (Å²) in [6, 6.07) is 14.0. The van der Waals surface area contributed by atoms with Crippen LogP contribution in [0.15, 0.2) is 53.9 Å². The van der Waals surface area contributed by atoms with Crippen LogP contribution >= 0.6 is 11.3 Å². The number of halogens is 3.